The predicted octanol–water partition coefficient (Wildman–Crippen LogP) is 1.33. The van der Waals surface area contributed by atoms with Crippen molar-refractivity contribution in [2.24, 2.45) is 23.5 Å². The number of rotatable bonds is 3. The molecule has 2 heteroatoms. The molecule has 0 aromatic heterocycles. The van der Waals surface area contributed by atoms with Crippen molar-refractivity contribution in [3.63, 3.8) is 0 Å². The molecule has 0 spiro atoms. The molecule has 0 aromatic rings. The summed E-state index contributed by atoms with van der Waals surface area (Å²) in [6.45, 7) is 0.940. The minimum Gasteiger partial charge on any atom is -0.330 e. The zero-order valence-electron chi connectivity index (χ0n) is 6.25. The van der Waals surface area contributed by atoms with Crippen molar-refractivity contribution in [1.29, 1.82) is 0 Å². The number of hydrogen-bond acceptors (Lipinski definition) is 2. The van der Waals surface area contributed by atoms with Gasteiger partial charge in [-0.1, -0.05) is 0 Å². The summed E-state index contributed by atoms with van der Waals surface area (Å²) in [6.07, 6.45) is 2.92. The van der Waals surface area contributed by atoms with Gasteiger partial charge in [0.2, 0.25) is 0 Å². The largest absolute Gasteiger partial charge is 0.330 e. The molecule has 1 unspecified atom stereocenters. The molecule has 2 rings (SSSR count). The Bertz CT molecular complexity index is 118. The third-order valence-corrected chi connectivity index (χ3v) is 4.10. The van der Waals surface area contributed by atoms with Gasteiger partial charge >= 0.3 is 0 Å². The van der Waals surface area contributed by atoms with Gasteiger partial charge in [0, 0.05) is 0 Å². The van der Waals surface area contributed by atoms with Crippen molar-refractivity contribution >= 4 is 11.8 Å². The molecule has 1 nitrogen and oxygen atoms in total. The number of nitrogens with two attached hydrogens (primary N) is 1. The Balaban J connectivity index is 1.84. The van der Waals surface area contributed by atoms with Crippen molar-refractivity contribution in [2.45, 2.75) is 12.8 Å². The zero-order valence-corrected chi connectivity index (χ0v) is 7.07. The second-order valence-corrected chi connectivity index (χ2v) is 4.61. The summed E-state index contributed by atoms with van der Waals surface area (Å²) in [7, 11) is 0. The van der Waals surface area contributed by atoms with Crippen LogP contribution < -0.4 is 5.73 Å². The fraction of sp³-hybridized carbons (Fsp3) is 1.00. The van der Waals surface area contributed by atoms with E-state index in [9.17, 15) is 0 Å². The molecule has 58 valence electrons. The normalized spacial score (nSPS) is 29.7. The highest BCUT2D eigenvalue weighted by Gasteiger charge is 2.37. The van der Waals surface area contributed by atoms with Gasteiger partial charge in [-0.25, -0.2) is 0 Å². The molecular weight excluding hydrogens is 142 g/mol. The summed E-state index contributed by atoms with van der Waals surface area (Å²) in [5.74, 6) is 5.68. The molecule has 0 bridgehead atoms. The van der Waals surface area contributed by atoms with Gasteiger partial charge in [-0.3, -0.25) is 0 Å². The first-order valence-corrected chi connectivity index (χ1v) is 5.35. The molecule has 1 atom stereocenters. The fourth-order valence-corrected chi connectivity index (χ4v) is 2.80. The van der Waals surface area contributed by atoms with Gasteiger partial charge in [0.05, 0.1) is 0 Å². The van der Waals surface area contributed by atoms with Crippen LogP contribution in [0.15, 0.2) is 0 Å². The summed E-state index contributed by atoms with van der Waals surface area (Å²) >= 11 is 2.08. The minimum atomic E-state index is 0.890. The van der Waals surface area contributed by atoms with Gasteiger partial charge in [0.25, 0.3) is 0 Å². The first-order valence-electron chi connectivity index (χ1n) is 4.19. The highest BCUT2D eigenvalue weighted by atomic mass is 32.2. The molecule has 0 radical (unpaired) electrons. The summed E-state index contributed by atoms with van der Waals surface area (Å²) in [5, 5.41) is 0. The standard InChI is InChI=1S/C8H15NS/c9-3-8(6-1-2-6)7-4-10-5-7/h6-8H,1-5,9H2. The van der Waals surface area contributed by atoms with Crippen LogP contribution in [0.5, 0.6) is 0 Å². The molecule has 10 heavy (non-hydrogen) atoms. The van der Waals surface area contributed by atoms with E-state index in [0.717, 1.165) is 24.3 Å². The highest BCUT2D eigenvalue weighted by Crippen LogP contribution is 2.44. The van der Waals surface area contributed by atoms with Crippen LogP contribution in [0.4, 0.5) is 0 Å². The molecule has 1 saturated carbocycles. The molecule has 2 fully saturated rings. The lowest BCUT2D eigenvalue weighted by molar-refractivity contribution is 0.346. The second kappa shape index (κ2) is 2.74. The van der Waals surface area contributed by atoms with Crippen LogP contribution in [0.3, 0.4) is 0 Å². The van der Waals surface area contributed by atoms with Gasteiger partial charge in [-0.2, -0.15) is 11.8 Å². The van der Waals surface area contributed by atoms with Crippen LogP contribution in [0.25, 0.3) is 0 Å². The minimum absolute atomic E-state index is 0.890. The lowest BCUT2D eigenvalue weighted by atomic mass is 9.90. The Morgan fingerprint density at radius 2 is 2.00 bits per heavy atom. The molecule has 2 aliphatic rings. The van der Waals surface area contributed by atoms with Gasteiger partial charge < -0.3 is 5.73 Å². The van der Waals surface area contributed by atoms with E-state index in [1.807, 2.05) is 0 Å². The molecule has 1 saturated heterocycles. The molecule has 1 heterocycles. The van der Waals surface area contributed by atoms with E-state index in [4.69, 9.17) is 5.73 Å². The summed E-state index contributed by atoms with van der Waals surface area (Å²) in [6, 6.07) is 0. The van der Waals surface area contributed by atoms with Crippen molar-refractivity contribution in [2.75, 3.05) is 18.1 Å². The first-order chi connectivity index (χ1) is 4.92. The Hall–Kier alpha value is 0.310. The maximum Gasteiger partial charge on any atom is -0.00279 e. The van der Waals surface area contributed by atoms with E-state index in [1.165, 1.54) is 24.3 Å². The third kappa shape index (κ3) is 1.19. The van der Waals surface area contributed by atoms with E-state index >= 15 is 0 Å². The Kier molecular flexibility index (Phi) is 1.92. The maximum atomic E-state index is 5.71. The summed E-state index contributed by atoms with van der Waals surface area (Å²) < 4.78 is 0. The SMILES string of the molecule is NCC(C1CC1)C1CSC1. The average molecular weight is 157 g/mol. The maximum absolute atomic E-state index is 5.71. The first kappa shape index (κ1) is 6.99. The topological polar surface area (TPSA) is 26.0 Å². The monoisotopic (exact) mass is 157 g/mol. The Morgan fingerprint density at radius 3 is 2.30 bits per heavy atom. The zero-order chi connectivity index (χ0) is 6.97. The van der Waals surface area contributed by atoms with E-state index in [1.54, 1.807) is 0 Å². The summed E-state index contributed by atoms with van der Waals surface area (Å²) in [4.78, 5) is 0. The second-order valence-electron chi connectivity index (χ2n) is 3.53. The van der Waals surface area contributed by atoms with Crippen LogP contribution in [-0.2, 0) is 0 Å². The molecule has 1 aliphatic carbocycles. The molecule has 0 amide bonds. The predicted molar refractivity (Wildman–Crippen MR) is 46.1 cm³/mol. The van der Waals surface area contributed by atoms with Crippen molar-refractivity contribution in [1.82, 2.24) is 0 Å². The van der Waals surface area contributed by atoms with Gasteiger partial charge in [0.1, 0.15) is 0 Å². The van der Waals surface area contributed by atoms with Gasteiger partial charge in [-0.05, 0) is 48.6 Å². The summed E-state index contributed by atoms with van der Waals surface area (Å²) in [5.41, 5.74) is 5.71. The van der Waals surface area contributed by atoms with E-state index < -0.39 is 0 Å². The smallest absolute Gasteiger partial charge is 0.00279 e. The van der Waals surface area contributed by atoms with Gasteiger partial charge in [-0.15, -0.1) is 0 Å². The molecule has 2 N–H and O–H groups in total. The van der Waals surface area contributed by atoms with Crippen LogP contribution in [-0.4, -0.2) is 18.1 Å². The molecule has 1 aliphatic heterocycles. The van der Waals surface area contributed by atoms with Crippen LogP contribution >= 0.6 is 11.8 Å². The van der Waals surface area contributed by atoms with Crippen LogP contribution in [0.1, 0.15) is 12.8 Å². The van der Waals surface area contributed by atoms with Crippen molar-refractivity contribution in [3.05, 3.63) is 0 Å². The lowest BCUT2D eigenvalue weighted by Gasteiger charge is -2.32. The van der Waals surface area contributed by atoms with E-state index in [-0.39, 0.29) is 0 Å². The van der Waals surface area contributed by atoms with Crippen LogP contribution in [0, 0.1) is 17.8 Å². The third-order valence-electron chi connectivity index (χ3n) is 2.77. The van der Waals surface area contributed by atoms with Gasteiger partial charge in [0.15, 0.2) is 0 Å². The average Bonchev–Trinajstić information content (AvgIpc) is 2.58. The molecular formula is C8H15NS. The lowest BCUT2D eigenvalue weighted by Crippen LogP contribution is -2.33. The van der Waals surface area contributed by atoms with Crippen LogP contribution in [0.2, 0.25) is 0 Å². The Labute approximate surface area is 66.7 Å². The van der Waals surface area contributed by atoms with E-state index in [2.05, 4.69) is 11.8 Å². The Morgan fingerprint density at radius 1 is 1.30 bits per heavy atom. The fourth-order valence-electron chi connectivity index (χ4n) is 1.80. The molecule has 0 aromatic carbocycles. The van der Waals surface area contributed by atoms with Crippen molar-refractivity contribution in [3.8, 4) is 0 Å². The highest BCUT2D eigenvalue weighted by molar-refractivity contribution is 8.00. The van der Waals surface area contributed by atoms with Crippen molar-refractivity contribution < 1.29 is 0 Å². The number of hydrogen-bond donors (Lipinski definition) is 1. The van der Waals surface area contributed by atoms with E-state index in [0.29, 0.717) is 0 Å². The number of thioether (sulfide) groups is 1. The quantitative estimate of drug-likeness (QED) is 0.669.